The summed E-state index contributed by atoms with van der Waals surface area (Å²) < 4.78 is 0. The van der Waals surface area contributed by atoms with E-state index in [9.17, 15) is 9.59 Å². The van der Waals surface area contributed by atoms with E-state index in [-0.39, 0.29) is 5.91 Å². The second-order valence-electron chi connectivity index (χ2n) is 4.91. The average Bonchev–Trinajstić information content (AvgIpc) is 2.54. The van der Waals surface area contributed by atoms with E-state index in [1.807, 2.05) is 66.9 Å². The standard InChI is InChI=1S/C18H18NO2/c20-14-17(13-16-9-5-2-6-10-16)19-18(21)12-11-15-7-3-1-4-8-15/h1-10,17H,11-13H2,(H,19,21). The number of rotatable bonds is 7. The summed E-state index contributed by atoms with van der Waals surface area (Å²) in [6, 6.07) is 18.8. The Kier molecular flexibility index (Phi) is 5.71. The van der Waals surface area contributed by atoms with Gasteiger partial charge in [0, 0.05) is 12.8 Å². The molecule has 1 atom stereocenters. The van der Waals surface area contributed by atoms with Gasteiger partial charge >= 0.3 is 0 Å². The van der Waals surface area contributed by atoms with E-state index in [1.165, 1.54) is 0 Å². The van der Waals surface area contributed by atoms with E-state index in [0.29, 0.717) is 19.3 Å². The molecule has 3 heteroatoms. The lowest BCUT2D eigenvalue weighted by molar-refractivity contribution is -0.121. The molecule has 0 aromatic heterocycles. The van der Waals surface area contributed by atoms with Crippen molar-refractivity contribution in [2.45, 2.75) is 25.3 Å². The highest BCUT2D eigenvalue weighted by atomic mass is 16.2. The van der Waals surface area contributed by atoms with Crippen LogP contribution in [-0.2, 0) is 22.4 Å². The van der Waals surface area contributed by atoms with Gasteiger partial charge in [-0.2, -0.15) is 0 Å². The largest absolute Gasteiger partial charge is 0.345 e. The fraction of sp³-hybridized carbons (Fsp3) is 0.222. The molecule has 2 aromatic rings. The van der Waals surface area contributed by atoms with Crippen LogP contribution in [0.5, 0.6) is 0 Å². The third kappa shape index (κ3) is 5.22. The summed E-state index contributed by atoms with van der Waals surface area (Å²) in [5.74, 6) is -0.122. The third-order valence-electron chi connectivity index (χ3n) is 3.24. The molecular weight excluding hydrogens is 262 g/mol. The molecule has 21 heavy (non-hydrogen) atoms. The summed E-state index contributed by atoms with van der Waals surface area (Å²) in [5, 5.41) is 2.72. The van der Waals surface area contributed by atoms with Gasteiger partial charge in [-0.1, -0.05) is 60.7 Å². The van der Waals surface area contributed by atoms with Gasteiger partial charge in [-0.3, -0.25) is 9.59 Å². The second-order valence-corrected chi connectivity index (χ2v) is 4.91. The van der Waals surface area contributed by atoms with Crippen LogP contribution in [0, 0.1) is 0 Å². The van der Waals surface area contributed by atoms with Crippen molar-refractivity contribution < 1.29 is 9.59 Å². The number of benzene rings is 2. The van der Waals surface area contributed by atoms with Crippen molar-refractivity contribution in [3.8, 4) is 0 Å². The Morgan fingerprint density at radius 2 is 1.52 bits per heavy atom. The minimum Gasteiger partial charge on any atom is -0.345 e. The van der Waals surface area contributed by atoms with E-state index in [2.05, 4.69) is 5.32 Å². The molecule has 0 saturated carbocycles. The molecule has 1 radical (unpaired) electrons. The zero-order valence-corrected chi connectivity index (χ0v) is 11.8. The lowest BCUT2D eigenvalue weighted by atomic mass is 10.1. The Morgan fingerprint density at radius 3 is 2.10 bits per heavy atom. The van der Waals surface area contributed by atoms with E-state index < -0.39 is 6.04 Å². The van der Waals surface area contributed by atoms with Crippen LogP contribution in [0.2, 0.25) is 0 Å². The first-order chi connectivity index (χ1) is 10.3. The Hall–Kier alpha value is -2.42. The van der Waals surface area contributed by atoms with Crippen molar-refractivity contribution in [3.63, 3.8) is 0 Å². The lowest BCUT2D eigenvalue weighted by Gasteiger charge is -2.12. The van der Waals surface area contributed by atoms with Crippen LogP contribution in [0.3, 0.4) is 0 Å². The SMILES string of the molecule is O=[C]C(Cc1ccccc1)NC(=O)CCc1ccccc1. The van der Waals surface area contributed by atoms with Gasteiger partial charge in [-0.15, -0.1) is 0 Å². The van der Waals surface area contributed by atoms with Gasteiger partial charge in [-0.25, -0.2) is 0 Å². The smallest absolute Gasteiger partial charge is 0.223 e. The molecule has 3 nitrogen and oxygen atoms in total. The van der Waals surface area contributed by atoms with Crippen molar-refractivity contribution in [3.05, 3.63) is 71.8 Å². The fourth-order valence-electron chi connectivity index (χ4n) is 2.14. The Labute approximate surface area is 125 Å². The van der Waals surface area contributed by atoms with Crippen LogP contribution < -0.4 is 5.32 Å². The molecule has 0 saturated heterocycles. The Balaban J connectivity index is 1.81. The minimum absolute atomic E-state index is 0.122. The first-order valence-corrected chi connectivity index (χ1v) is 7.03. The molecule has 1 N–H and O–H groups in total. The Bertz CT molecular complexity index is 566. The molecule has 0 aliphatic heterocycles. The van der Waals surface area contributed by atoms with Crippen LogP contribution in [0.4, 0.5) is 0 Å². The quantitative estimate of drug-likeness (QED) is 0.847. The highest BCUT2D eigenvalue weighted by molar-refractivity contribution is 5.80. The molecule has 0 bridgehead atoms. The average molecular weight is 280 g/mol. The highest BCUT2D eigenvalue weighted by Crippen LogP contribution is 2.04. The fourth-order valence-corrected chi connectivity index (χ4v) is 2.14. The molecule has 1 unspecified atom stereocenters. The molecule has 1 amide bonds. The van der Waals surface area contributed by atoms with Crippen LogP contribution in [-0.4, -0.2) is 18.2 Å². The third-order valence-corrected chi connectivity index (χ3v) is 3.24. The predicted molar refractivity (Wildman–Crippen MR) is 82.5 cm³/mol. The van der Waals surface area contributed by atoms with Crippen LogP contribution in [0.25, 0.3) is 0 Å². The number of hydrogen-bond donors (Lipinski definition) is 1. The maximum atomic E-state index is 11.9. The topological polar surface area (TPSA) is 46.2 Å². The van der Waals surface area contributed by atoms with Crippen molar-refractivity contribution in [2.75, 3.05) is 0 Å². The minimum atomic E-state index is -0.587. The van der Waals surface area contributed by atoms with E-state index in [1.54, 1.807) is 0 Å². The van der Waals surface area contributed by atoms with Gasteiger partial charge in [-0.05, 0) is 17.5 Å². The van der Waals surface area contributed by atoms with E-state index in [4.69, 9.17) is 0 Å². The Morgan fingerprint density at radius 1 is 0.952 bits per heavy atom. The number of carbonyl (C=O) groups excluding carboxylic acids is 2. The molecule has 0 aliphatic rings. The first kappa shape index (κ1) is 15.0. The molecule has 2 aromatic carbocycles. The summed E-state index contributed by atoms with van der Waals surface area (Å²) in [7, 11) is 0. The van der Waals surface area contributed by atoms with Crippen molar-refractivity contribution in [1.29, 1.82) is 0 Å². The normalized spacial score (nSPS) is 11.6. The molecule has 0 aliphatic carbocycles. The summed E-state index contributed by atoms with van der Waals surface area (Å²) in [5.41, 5.74) is 2.12. The van der Waals surface area contributed by atoms with Crippen LogP contribution >= 0.6 is 0 Å². The highest BCUT2D eigenvalue weighted by Gasteiger charge is 2.12. The molecular formula is C18H18NO2. The number of amides is 1. The first-order valence-electron chi connectivity index (χ1n) is 7.03. The zero-order chi connectivity index (χ0) is 14.9. The zero-order valence-electron chi connectivity index (χ0n) is 11.8. The monoisotopic (exact) mass is 280 g/mol. The van der Waals surface area contributed by atoms with E-state index >= 15 is 0 Å². The van der Waals surface area contributed by atoms with Gasteiger partial charge in [0.1, 0.15) is 0 Å². The maximum absolute atomic E-state index is 11.9. The van der Waals surface area contributed by atoms with Gasteiger partial charge in [0.25, 0.3) is 0 Å². The van der Waals surface area contributed by atoms with Crippen molar-refractivity contribution in [2.24, 2.45) is 0 Å². The molecule has 2 rings (SSSR count). The summed E-state index contributed by atoms with van der Waals surface area (Å²) in [6.45, 7) is 0. The molecule has 107 valence electrons. The van der Waals surface area contributed by atoms with Crippen LogP contribution in [0.15, 0.2) is 60.7 Å². The molecule has 0 heterocycles. The number of aryl methyl sites for hydroxylation is 1. The van der Waals surface area contributed by atoms with Crippen molar-refractivity contribution >= 4 is 12.2 Å². The summed E-state index contributed by atoms with van der Waals surface area (Å²) in [4.78, 5) is 22.9. The van der Waals surface area contributed by atoms with E-state index in [0.717, 1.165) is 11.1 Å². The molecule has 0 spiro atoms. The number of carbonyl (C=O) groups is 1. The summed E-state index contributed by atoms with van der Waals surface area (Å²) >= 11 is 0. The maximum Gasteiger partial charge on any atom is 0.223 e. The lowest BCUT2D eigenvalue weighted by Crippen LogP contribution is -2.37. The van der Waals surface area contributed by atoms with Crippen molar-refractivity contribution in [1.82, 2.24) is 5.32 Å². The number of nitrogens with one attached hydrogen (secondary N) is 1. The summed E-state index contributed by atoms with van der Waals surface area (Å²) in [6.07, 6.45) is 3.41. The second kappa shape index (κ2) is 8.00. The van der Waals surface area contributed by atoms with Gasteiger partial charge in [0.2, 0.25) is 12.2 Å². The predicted octanol–water partition coefficient (Wildman–Crippen LogP) is 2.46. The molecule has 0 fully saturated rings. The van der Waals surface area contributed by atoms with Gasteiger partial charge < -0.3 is 5.32 Å². The number of hydrogen-bond acceptors (Lipinski definition) is 2. The van der Waals surface area contributed by atoms with Gasteiger partial charge in [0.05, 0.1) is 6.04 Å². The van der Waals surface area contributed by atoms with Crippen LogP contribution in [0.1, 0.15) is 17.5 Å². The van der Waals surface area contributed by atoms with Gasteiger partial charge in [0.15, 0.2) is 0 Å².